The molecule has 0 spiro atoms. The number of rotatable bonds is 5. The lowest BCUT2D eigenvalue weighted by Crippen LogP contribution is -2.47. The van der Waals surface area contributed by atoms with Crippen LogP contribution in [0.25, 0.3) is 0 Å². The quantitative estimate of drug-likeness (QED) is 0.633. The Kier molecular flexibility index (Phi) is 4.26. The Hall–Kier alpha value is -1.48. The van der Waals surface area contributed by atoms with Crippen molar-refractivity contribution in [3.8, 4) is 0 Å². The first-order valence-electron chi connectivity index (χ1n) is 6.62. The minimum absolute atomic E-state index is 0.500. The van der Waals surface area contributed by atoms with Crippen LogP contribution in [-0.2, 0) is 0 Å². The topological polar surface area (TPSA) is 18.5 Å². The minimum atomic E-state index is 0.500. The van der Waals surface area contributed by atoms with Crippen LogP contribution in [0.15, 0.2) is 36.9 Å². The first-order valence-corrected chi connectivity index (χ1v) is 6.62. The lowest BCUT2D eigenvalue weighted by molar-refractivity contribution is 0.571. The number of hydrogen-bond donors (Lipinski definition) is 1. The molecule has 1 aromatic carbocycles. The van der Waals surface area contributed by atoms with E-state index < -0.39 is 0 Å². The molecule has 1 unspecified atom stereocenters. The van der Waals surface area contributed by atoms with Crippen LogP contribution in [-0.4, -0.2) is 39.3 Å². The molecular formula is C15H23N3. The van der Waals surface area contributed by atoms with Crippen LogP contribution < -0.4 is 15.1 Å². The van der Waals surface area contributed by atoms with Gasteiger partial charge >= 0.3 is 0 Å². The van der Waals surface area contributed by atoms with Crippen LogP contribution in [0.3, 0.4) is 0 Å². The predicted molar refractivity (Wildman–Crippen MR) is 79.6 cm³/mol. The normalized spacial score (nSPS) is 16.3. The van der Waals surface area contributed by atoms with Gasteiger partial charge in [-0.25, -0.2) is 0 Å². The molecule has 3 nitrogen and oxygen atoms in total. The highest BCUT2D eigenvalue weighted by atomic mass is 15.3. The van der Waals surface area contributed by atoms with Gasteiger partial charge in [0.05, 0.1) is 11.4 Å². The van der Waals surface area contributed by atoms with Crippen LogP contribution >= 0.6 is 0 Å². The Morgan fingerprint density at radius 2 is 2.06 bits per heavy atom. The lowest BCUT2D eigenvalue weighted by Gasteiger charge is -2.40. The van der Waals surface area contributed by atoms with Crippen molar-refractivity contribution < 1.29 is 0 Å². The summed E-state index contributed by atoms with van der Waals surface area (Å²) in [4.78, 5) is 4.82. The van der Waals surface area contributed by atoms with Gasteiger partial charge in [0.1, 0.15) is 0 Å². The largest absolute Gasteiger partial charge is 0.371 e. The van der Waals surface area contributed by atoms with Crippen molar-refractivity contribution in [2.45, 2.75) is 13.0 Å². The molecule has 0 aliphatic carbocycles. The molecule has 1 aliphatic heterocycles. The Bertz CT molecular complexity index is 402. The molecule has 18 heavy (non-hydrogen) atoms. The highest BCUT2D eigenvalue weighted by molar-refractivity contribution is 5.73. The van der Waals surface area contributed by atoms with Gasteiger partial charge in [-0.2, -0.15) is 0 Å². The maximum absolute atomic E-state index is 3.73. The second kappa shape index (κ2) is 5.91. The third-order valence-corrected chi connectivity index (χ3v) is 3.54. The lowest BCUT2D eigenvalue weighted by atomic mass is 10.1. The maximum atomic E-state index is 3.73. The average molecular weight is 245 g/mol. The van der Waals surface area contributed by atoms with Crippen LogP contribution in [0, 0.1) is 0 Å². The molecule has 98 valence electrons. The van der Waals surface area contributed by atoms with Crippen LogP contribution in [0.1, 0.15) is 6.92 Å². The van der Waals surface area contributed by atoms with Gasteiger partial charge in [0.2, 0.25) is 0 Å². The minimum Gasteiger partial charge on any atom is -0.371 e. The second-order valence-electron chi connectivity index (χ2n) is 4.90. The number of nitrogens with one attached hydrogen (secondary N) is 1. The average Bonchev–Trinajstić information content (AvgIpc) is 2.39. The summed E-state index contributed by atoms with van der Waals surface area (Å²) in [5, 5.41) is 3.40. The van der Waals surface area contributed by atoms with E-state index in [9.17, 15) is 0 Å². The van der Waals surface area contributed by atoms with Gasteiger partial charge in [0.15, 0.2) is 0 Å². The first kappa shape index (κ1) is 13.0. The summed E-state index contributed by atoms with van der Waals surface area (Å²) in [6.45, 7) is 10.0. The van der Waals surface area contributed by atoms with E-state index in [2.05, 4.69) is 59.9 Å². The summed E-state index contributed by atoms with van der Waals surface area (Å²) < 4.78 is 0. The molecule has 0 radical (unpaired) electrons. The molecule has 2 rings (SSSR count). The molecule has 0 aromatic heterocycles. The van der Waals surface area contributed by atoms with Crippen molar-refractivity contribution in [3.05, 3.63) is 36.9 Å². The molecule has 0 fully saturated rings. The fourth-order valence-corrected chi connectivity index (χ4v) is 2.49. The fraction of sp³-hybridized carbons (Fsp3) is 0.467. The Balaban J connectivity index is 2.10. The van der Waals surface area contributed by atoms with E-state index in [4.69, 9.17) is 0 Å². The molecule has 1 N–H and O–H groups in total. The summed E-state index contributed by atoms with van der Waals surface area (Å²) >= 11 is 0. The molecule has 1 aliphatic rings. The van der Waals surface area contributed by atoms with E-state index >= 15 is 0 Å². The van der Waals surface area contributed by atoms with Gasteiger partial charge in [0, 0.05) is 39.3 Å². The van der Waals surface area contributed by atoms with E-state index in [1.165, 1.54) is 11.4 Å². The van der Waals surface area contributed by atoms with Crippen molar-refractivity contribution in [1.29, 1.82) is 0 Å². The van der Waals surface area contributed by atoms with Crippen molar-refractivity contribution in [2.75, 3.05) is 43.0 Å². The van der Waals surface area contributed by atoms with E-state index in [1.807, 2.05) is 6.08 Å². The summed E-state index contributed by atoms with van der Waals surface area (Å²) in [5.41, 5.74) is 2.68. The van der Waals surface area contributed by atoms with Crippen LogP contribution in [0.2, 0.25) is 0 Å². The van der Waals surface area contributed by atoms with Gasteiger partial charge in [-0.15, -0.1) is 6.58 Å². The fourth-order valence-electron chi connectivity index (χ4n) is 2.49. The summed E-state index contributed by atoms with van der Waals surface area (Å²) in [5.74, 6) is 0. The third kappa shape index (κ3) is 2.67. The molecule has 0 amide bonds. The number of hydrogen-bond acceptors (Lipinski definition) is 3. The van der Waals surface area contributed by atoms with E-state index in [0.29, 0.717) is 6.04 Å². The molecule has 0 saturated heterocycles. The van der Waals surface area contributed by atoms with Gasteiger partial charge in [0.25, 0.3) is 0 Å². The number of nitrogens with zero attached hydrogens (tertiary/aromatic N) is 2. The molecular weight excluding hydrogens is 222 g/mol. The van der Waals surface area contributed by atoms with E-state index in [0.717, 1.165) is 26.2 Å². The first-order chi connectivity index (χ1) is 8.74. The number of anilines is 2. The smallest absolute Gasteiger partial charge is 0.0607 e. The molecule has 0 saturated carbocycles. The summed E-state index contributed by atoms with van der Waals surface area (Å²) in [6.07, 6.45) is 1.91. The predicted octanol–water partition coefficient (Wildman–Crippen LogP) is 2.11. The van der Waals surface area contributed by atoms with Crippen molar-refractivity contribution >= 4 is 11.4 Å². The zero-order valence-electron chi connectivity index (χ0n) is 11.4. The summed E-state index contributed by atoms with van der Waals surface area (Å²) in [6, 6.07) is 9.15. The number of likely N-dealkylation sites (N-methyl/N-ethyl adjacent to an activating group) is 1. The van der Waals surface area contributed by atoms with Gasteiger partial charge < -0.3 is 15.1 Å². The summed E-state index contributed by atoms with van der Waals surface area (Å²) in [7, 11) is 2.16. The van der Waals surface area contributed by atoms with Gasteiger partial charge in [-0.1, -0.05) is 18.2 Å². The Labute approximate surface area is 110 Å². The third-order valence-electron chi connectivity index (χ3n) is 3.54. The van der Waals surface area contributed by atoms with Crippen molar-refractivity contribution in [1.82, 2.24) is 5.32 Å². The number of fused-ring (bicyclic) bond motifs is 1. The highest BCUT2D eigenvalue weighted by Gasteiger charge is 2.23. The Morgan fingerprint density at radius 1 is 1.33 bits per heavy atom. The maximum Gasteiger partial charge on any atom is 0.0607 e. The molecule has 0 bridgehead atoms. The zero-order chi connectivity index (χ0) is 13.0. The monoisotopic (exact) mass is 245 g/mol. The molecule has 1 aromatic rings. The molecule has 1 atom stereocenters. The van der Waals surface area contributed by atoms with Gasteiger partial charge in [-0.3, -0.25) is 0 Å². The number of benzene rings is 1. The number of para-hydroxylation sites is 2. The van der Waals surface area contributed by atoms with E-state index in [1.54, 1.807) is 0 Å². The van der Waals surface area contributed by atoms with Crippen molar-refractivity contribution in [2.24, 2.45) is 0 Å². The second-order valence-corrected chi connectivity index (χ2v) is 4.90. The van der Waals surface area contributed by atoms with Gasteiger partial charge in [-0.05, 0) is 19.1 Å². The SMILES string of the molecule is C=CCNCC(C)N1CCN(C)c2ccccc21. The van der Waals surface area contributed by atoms with Crippen LogP contribution in [0.4, 0.5) is 11.4 Å². The van der Waals surface area contributed by atoms with E-state index in [-0.39, 0.29) is 0 Å². The molecule has 1 heterocycles. The standard InChI is InChI=1S/C15H23N3/c1-4-9-16-12-13(2)18-11-10-17(3)14-7-5-6-8-15(14)18/h4-8,13,16H,1,9-12H2,2-3H3. The zero-order valence-corrected chi connectivity index (χ0v) is 11.4. The Morgan fingerprint density at radius 3 is 2.78 bits per heavy atom. The highest BCUT2D eigenvalue weighted by Crippen LogP contribution is 2.32. The van der Waals surface area contributed by atoms with Crippen LogP contribution in [0.5, 0.6) is 0 Å². The van der Waals surface area contributed by atoms with Crippen molar-refractivity contribution in [3.63, 3.8) is 0 Å². The molecule has 3 heteroatoms.